The zero-order chi connectivity index (χ0) is 16.3. The Morgan fingerprint density at radius 2 is 1.52 bits per heavy atom. The summed E-state index contributed by atoms with van der Waals surface area (Å²) in [6.45, 7) is 0. The van der Waals surface area contributed by atoms with Gasteiger partial charge in [-0.3, -0.25) is 14.4 Å². The monoisotopic (exact) mass is 304 g/mol. The fourth-order valence-corrected chi connectivity index (χ4v) is 2.88. The minimum absolute atomic E-state index is 0.0193. The number of carbonyl (C=O) groups excluding carboxylic acids is 3. The minimum Gasteiger partial charge on any atom is -0.469 e. The van der Waals surface area contributed by atoms with Gasteiger partial charge in [-0.05, 0) is 0 Å². The molecular weight excluding hydrogens is 284 g/mol. The fourth-order valence-electron chi connectivity index (χ4n) is 2.88. The fraction of sp³-hybridized carbons (Fsp3) is 0.769. The van der Waals surface area contributed by atoms with Crippen molar-refractivity contribution >= 4 is 17.9 Å². The molecule has 8 heteroatoms. The summed E-state index contributed by atoms with van der Waals surface area (Å²) < 4.78 is 24.5. The molecule has 8 nitrogen and oxygen atoms in total. The van der Waals surface area contributed by atoms with E-state index >= 15 is 0 Å². The van der Waals surface area contributed by atoms with Gasteiger partial charge < -0.3 is 23.7 Å². The van der Waals surface area contributed by atoms with E-state index in [1.807, 2.05) is 0 Å². The number of hydrogen-bond acceptors (Lipinski definition) is 8. The number of ether oxygens (including phenoxy) is 5. The molecule has 0 spiro atoms. The SMILES string of the molecule is COC(=O)CC1(C(=O)OC)CC(OC)(OC)C1C(=O)OC. The number of rotatable bonds is 6. The first-order valence-corrected chi connectivity index (χ1v) is 6.20. The Hall–Kier alpha value is -1.67. The van der Waals surface area contributed by atoms with Crippen molar-refractivity contribution < 1.29 is 38.1 Å². The van der Waals surface area contributed by atoms with Crippen molar-refractivity contribution in [2.75, 3.05) is 35.5 Å². The van der Waals surface area contributed by atoms with Crippen molar-refractivity contribution in [3.05, 3.63) is 0 Å². The molecule has 1 fully saturated rings. The van der Waals surface area contributed by atoms with E-state index in [1.54, 1.807) is 0 Å². The Morgan fingerprint density at radius 3 is 1.90 bits per heavy atom. The topological polar surface area (TPSA) is 97.4 Å². The molecule has 1 aliphatic carbocycles. The van der Waals surface area contributed by atoms with E-state index < -0.39 is 35.0 Å². The van der Waals surface area contributed by atoms with Gasteiger partial charge in [0.25, 0.3) is 0 Å². The van der Waals surface area contributed by atoms with E-state index in [0.717, 1.165) is 0 Å². The van der Waals surface area contributed by atoms with Crippen LogP contribution in [0.2, 0.25) is 0 Å². The molecule has 0 saturated heterocycles. The molecule has 21 heavy (non-hydrogen) atoms. The van der Waals surface area contributed by atoms with Gasteiger partial charge in [-0.15, -0.1) is 0 Å². The van der Waals surface area contributed by atoms with Crippen molar-refractivity contribution in [1.82, 2.24) is 0 Å². The number of esters is 3. The predicted molar refractivity (Wildman–Crippen MR) is 68.0 cm³/mol. The lowest BCUT2D eigenvalue weighted by Gasteiger charge is -2.56. The van der Waals surface area contributed by atoms with E-state index in [-0.39, 0.29) is 12.8 Å². The zero-order valence-electron chi connectivity index (χ0n) is 12.8. The molecule has 0 bridgehead atoms. The van der Waals surface area contributed by atoms with E-state index in [0.29, 0.717) is 0 Å². The molecule has 0 aromatic carbocycles. The largest absolute Gasteiger partial charge is 0.469 e. The molecule has 120 valence electrons. The summed E-state index contributed by atoms with van der Waals surface area (Å²) in [5, 5.41) is 0. The van der Waals surface area contributed by atoms with Gasteiger partial charge in [0.15, 0.2) is 5.79 Å². The van der Waals surface area contributed by atoms with Crippen molar-refractivity contribution in [2.24, 2.45) is 11.3 Å². The Bertz CT molecular complexity index is 428. The molecule has 0 radical (unpaired) electrons. The second-order valence-corrected chi connectivity index (χ2v) is 4.75. The lowest BCUT2D eigenvalue weighted by Crippen LogP contribution is -2.69. The molecule has 0 aromatic rings. The maximum absolute atomic E-state index is 12.2. The van der Waals surface area contributed by atoms with Crippen LogP contribution < -0.4 is 0 Å². The minimum atomic E-state index is -1.43. The van der Waals surface area contributed by atoms with Crippen LogP contribution in [0.5, 0.6) is 0 Å². The normalized spacial score (nSPS) is 26.4. The Morgan fingerprint density at radius 1 is 0.952 bits per heavy atom. The van der Waals surface area contributed by atoms with Crippen LogP contribution in [0.25, 0.3) is 0 Å². The molecule has 0 N–H and O–H groups in total. The molecule has 1 saturated carbocycles. The molecular formula is C13H20O8. The molecule has 0 amide bonds. The second kappa shape index (κ2) is 6.40. The van der Waals surface area contributed by atoms with E-state index in [4.69, 9.17) is 18.9 Å². The van der Waals surface area contributed by atoms with Crippen molar-refractivity contribution in [1.29, 1.82) is 0 Å². The number of carbonyl (C=O) groups is 3. The summed E-state index contributed by atoms with van der Waals surface area (Å²) in [6.07, 6.45) is -0.348. The molecule has 2 unspecified atom stereocenters. The average Bonchev–Trinajstić information content (AvgIpc) is 2.49. The molecule has 0 aromatic heterocycles. The Kier molecular flexibility index (Phi) is 5.30. The van der Waals surface area contributed by atoms with Crippen LogP contribution in [0.1, 0.15) is 12.8 Å². The first kappa shape index (κ1) is 17.4. The van der Waals surface area contributed by atoms with Gasteiger partial charge in [-0.2, -0.15) is 0 Å². The summed E-state index contributed by atoms with van der Waals surface area (Å²) in [7, 11) is 6.24. The maximum atomic E-state index is 12.2. The highest BCUT2D eigenvalue weighted by molar-refractivity contribution is 5.92. The lowest BCUT2D eigenvalue weighted by atomic mass is 9.53. The van der Waals surface area contributed by atoms with E-state index in [9.17, 15) is 14.4 Å². The summed E-state index contributed by atoms with van der Waals surface area (Å²) in [6, 6.07) is 0. The van der Waals surface area contributed by atoms with Crippen LogP contribution in [0.3, 0.4) is 0 Å². The van der Waals surface area contributed by atoms with Gasteiger partial charge in [0.1, 0.15) is 11.3 Å². The molecule has 2 atom stereocenters. The van der Waals surface area contributed by atoms with E-state index in [1.165, 1.54) is 35.5 Å². The molecule has 0 aliphatic heterocycles. The van der Waals surface area contributed by atoms with Gasteiger partial charge in [-0.25, -0.2) is 0 Å². The smallest absolute Gasteiger partial charge is 0.315 e. The second-order valence-electron chi connectivity index (χ2n) is 4.75. The van der Waals surface area contributed by atoms with Gasteiger partial charge >= 0.3 is 17.9 Å². The number of hydrogen-bond donors (Lipinski definition) is 0. The van der Waals surface area contributed by atoms with Gasteiger partial charge in [0.2, 0.25) is 0 Å². The zero-order valence-corrected chi connectivity index (χ0v) is 12.8. The van der Waals surface area contributed by atoms with Crippen LogP contribution >= 0.6 is 0 Å². The summed E-state index contributed by atoms with van der Waals surface area (Å²) in [5.41, 5.74) is -1.43. The summed E-state index contributed by atoms with van der Waals surface area (Å²) >= 11 is 0. The van der Waals surface area contributed by atoms with Crippen molar-refractivity contribution in [3.63, 3.8) is 0 Å². The summed E-state index contributed by atoms with van der Waals surface area (Å²) in [5.74, 6) is -4.55. The van der Waals surface area contributed by atoms with Crippen LogP contribution in [0, 0.1) is 11.3 Å². The highest BCUT2D eigenvalue weighted by Gasteiger charge is 2.73. The average molecular weight is 304 g/mol. The third-order valence-corrected chi connectivity index (χ3v) is 3.96. The molecule has 1 rings (SSSR count). The van der Waals surface area contributed by atoms with Crippen LogP contribution in [-0.2, 0) is 38.1 Å². The molecule has 0 heterocycles. The standard InChI is InChI=1S/C13H20O8/c1-17-8(14)6-12(11(16)19-3)7-13(20-4,21-5)9(12)10(15)18-2/h9H,6-7H2,1-5H3. The van der Waals surface area contributed by atoms with Crippen LogP contribution in [0.4, 0.5) is 0 Å². The third-order valence-electron chi connectivity index (χ3n) is 3.96. The lowest BCUT2D eigenvalue weighted by molar-refractivity contribution is -0.330. The third kappa shape index (κ3) is 2.60. The highest BCUT2D eigenvalue weighted by atomic mass is 16.7. The van der Waals surface area contributed by atoms with Crippen LogP contribution in [-0.4, -0.2) is 59.2 Å². The Labute approximate surface area is 122 Å². The highest BCUT2D eigenvalue weighted by Crippen LogP contribution is 2.59. The van der Waals surface area contributed by atoms with Gasteiger partial charge in [0.05, 0.1) is 27.8 Å². The van der Waals surface area contributed by atoms with Crippen molar-refractivity contribution in [2.45, 2.75) is 18.6 Å². The van der Waals surface area contributed by atoms with E-state index in [2.05, 4.69) is 4.74 Å². The van der Waals surface area contributed by atoms with Gasteiger partial charge in [-0.1, -0.05) is 0 Å². The maximum Gasteiger partial charge on any atom is 0.315 e. The Balaban J connectivity index is 3.27. The van der Waals surface area contributed by atoms with Crippen LogP contribution in [0.15, 0.2) is 0 Å². The first-order chi connectivity index (χ1) is 9.87. The number of methoxy groups -OCH3 is 5. The van der Waals surface area contributed by atoms with Gasteiger partial charge in [0, 0.05) is 20.6 Å². The quantitative estimate of drug-likeness (QED) is 0.381. The predicted octanol–water partition coefficient (Wildman–Crippen LogP) is -0.109. The molecule has 1 aliphatic rings. The first-order valence-electron chi connectivity index (χ1n) is 6.20. The summed E-state index contributed by atoms with van der Waals surface area (Å²) in [4.78, 5) is 35.9. The van der Waals surface area contributed by atoms with Crippen molar-refractivity contribution in [3.8, 4) is 0 Å².